The number of nitrogens with zero attached hydrogens (tertiary/aromatic N) is 3. The summed E-state index contributed by atoms with van der Waals surface area (Å²) in [7, 11) is 0. The number of hydrogen-bond acceptors (Lipinski definition) is 5. The van der Waals surface area contributed by atoms with Gasteiger partial charge in [-0.25, -0.2) is 0 Å². The molecule has 1 aliphatic heterocycles. The molecule has 1 N–H and O–H groups in total. The van der Waals surface area contributed by atoms with Gasteiger partial charge < -0.3 is 5.32 Å². The lowest BCUT2D eigenvalue weighted by Crippen LogP contribution is -2.58. The Morgan fingerprint density at radius 3 is 2.67 bits per heavy atom. The summed E-state index contributed by atoms with van der Waals surface area (Å²) in [6.45, 7) is 0. The van der Waals surface area contributed by atoms with Crippen LogP contribution >= 0.6 is 23.8 Å². The van der Waals surface area contributed by atoms with E-state index in [0.29, 0.717) is 16.4 Å². The molecule has 0 bridgehead atoms. The van der Waals surface area contributed by atoms with E-state index >= 15 is 0 Å². The van der Waals surface area contributed by atoms with Gasteiger partial charge in [-0.2, -0.15) is 0 Å². The monoisotopic (exact) mass is 358 g/mol. The molecule has 24 heavy (non-hydrogen) atoms. The molecule has 120 valence electrons. The molecule has 3 rings (SSSR count). The van der Waals surface area contributed by atoms with Crippen LogP contribution < -0.4 is 10.2 Å². The van der Waals surface area contributed by atoms with Crippen LogP contribution in [0.5, 0.6) is 0 Å². The number of aliphatic imine (C=N–C) groups is 1. The fraction of sp³-hybridized carbons (Fsp3) is 0.0625. The molecule has 0 unspecified atom stereocenters. The second kappa shape index (κ2) is 6.86. The summed E-state index contributed by atoms with van der Waals surface area (Å²) in [5.74, 6) is -2.06. The number of hydrogen-bond donors (Lipinski definition) is 1. The quantitative estimate of drug-likeness (QED) is 0.519. The molecule has 0 saturated carbocycles. The molecule has 0 aliphatic carbocycles. The molecule has 1 fully saturated rings. The van der Waals surface area contributed by atoms with Crippen molar-refractivity contribution in [2.75, 3.05) is 4.90 Å². The van der Waals surface area contributed by atoms with Gasteiger partial charge in [0.05, 0.1) is 17.6 Å². The third-order valence-corrected chi connectivity index (χ3v) is 3.84. The zero-order chi connectivity index (χ0) is 17.1. The van der Waals surface area contributed by atoms with Gasteiger partial charge in [-0.3, -0.25) is 24.5 Å². The highest BCUT2D eigenvalue weighted by Gasteiger charge is 2.38. The molecule has 2 heterocycles. The van der Waals surface area contributed by atoms with E-state index in [9.17, 15) is 9.59 Å². The summed E-state index contributed by atoms with van der Waals surface area (Å²) in [4.78, 5) is 34.1. The van der Waals surface area contributed by atoms with Crippen LogP contribution in [-0.4, -0.2) is 28.1 Å². The van der Waals surface area contributed by atoms with E-state index in [0.717, 1.165) is 0 Å². The first kappa shape index (κ1) is 16.2. The molecule has 0 radical (unpaired) electrons. The first-order chi connectivity index (χ1) is 11.6. The predicted octanol–water partition coefficient (Wildman–Crippen LogP) is 2.50. The Labute approximate surface area is 148 Å². The van der Waals surface area contributed by atoms with E-state index < -0.39 is 17.7 Å². The molecule has 8 heteroatoms. The van der Waals surface area contributed by atoms with E-state index in [4.69, 9.17) is 23.8 Å². The summed E-state index contributed by atoms with van der Waals surface area (Å²) in [5.41, 5.74) is 1.07. The summed E-state index contributed by atoms with van der Waals surface area (Å²) < 4.78 is 0. The van der Waals surface area contributed by atoms with Crippen molar-refractivity contribution in [3.05, 3.63) is 53.8 Å². The topological polar surface area (TPSA) is 74.7 Å². The number of aromatic nitrogens is 1. The molecule has 2 amide bonds. The van der Waals surface area contributed by atoms with Crippen molar-refractivity contribution in [3.8, 4) is 0 Å². The van der Waals surface area contributed by atoms with Crippen LogP contribution in [0.25, 0.3) is 0 Å². The normalized spacial score (nSPS) is 18.1. The molecule has 1 saturated heterocycles. The largest absolute Gasteiger partial charge is 0.301 e. The zero-order valence-corrected chi connectivity index (χ0v) is 13.8. The molecular weight excluding hydrogens is 348 g/mol. The maximum atomic E-state index is 12.7. The first-order valence-electron chi connectivity index (χ1n) is 6.95. The maximum Gasteiger partial charge on any atom is 0.251 e. The fourth-order valence-electron chi connectivity index (χ4n) is 2.15. The Balaban J connectivity index is 1.88. The second-order valence-corrected chi connectivity index (χ2v) is 5.73. The van der Waals surface area contributed by atoms with Gasteiger partial charge in [0.1, 0.15) is 0 Å². The number of benzene rings is 1. The van der Waals surface area contributed by atoms with Gasteiger partial charge in [-0.15, -0.1) is 0 Å². The SMILES string of the molecule is O=C1NC(=S)N(c2ccc(Cl)cc2)C(=O)[C@@H]1C=Nc1cccnc1. The molecule has 0 spiro atoms. The Morgan fingerprint density at radius 2 is 2.00 bits per heavy atom. The summed E-state index contributed by atoms with van der Waals surface area (Å²) in [6.07, 6.45) is 4.43. The maximum absolute atomic E-state index is 12.7. The Kier molecular flexibility index (Phi) is 4.64. The highest BCUT2D eigenvalue weighted by Crippen LogP contribution is 2.22. The molecule has 1 aromatic heterocycles. The fourth-order valence-corrected chi connectivity index (χ4v) is 2.57. The lowest BCUT2D eigenvalue weighted by Gasteiger charge is -2.30. The Hall–Kier alpha value is -2.64. The van der Waals surface area contributed by atoms with Gasteiger partial charge in [0.25, 0.3) is 5.91 Å². The van der Waals surface area contributed by atoms with E-state index in [-0.39, 0.29) is 5.11 Å². The minimum atomic E-state index is -1.08. The molecular formula is C16H11ClN4O2S. The number of anilines is 1. The van der Waals surface area contributed by atoms with Gasteiger partial charge >= 0.3 is 0 Å². The van der Waals surface area contributed by atoms with Crippen LogP contribution in [0.15, 0.2) is 53.8 Å². The number of halogens is 1. The molecule has 1 atom stereocenters. The van der Waals surface area contributed by atoms with Crippen molar-refractivity contribution in [1.82, 2.24) is 10.3 Å². The third kappa shape index (κ3) is 3.32. The molecule has 1 aliphatic rings. The number of thiocarbonyl (C=S) groups is 1. The number of amides is 2. The summed E-state index contributed by atoms with van der Waals surface area (Å²) in [6, 6.07) is 10.0. The van der Waals surface area contributed by atoms with Crippen molar-refractivity contribution in [2.24, 2.45) is 10.9 Å². The smallest absolute Gasteiger partial charge is 0.251 e. The van der Waals surface area contributed by atoms with Crippen LogP contribution in [0.1, 0.15) is 0 Å². The number of pyridine rings is 1. The standard InChI is InChI=1S/C16H11ClN4O2S/c17-10-3-5-12(6-4-10)21-15(23)13(14(22)20-16(21)24)9-19-11-2-1-7-18-8-11/h1-9,13H,(H,20,22,24)/t13-/m1/s1. The van der Waals surface area contributed by atoms with Crippen molar-refractivity contribution >= 4 is 58.3 Å². The zero-order valence-electron chi connectivity index (χ0n) is 12.2. The third-order valence-electron chi connectivity index (χ3n) is 3.31. The second-order valence-electron chi connectivity index (χ2n) is 4.91. The van der Waals surface area contributed by atoms with Gasteiger partial charge in [0, 0.05) is 17.4 Å². The van der Waals surface area contributed by atoms with Crippen LogP contribution in [0, 0.1) is 5.92 Å². The van der Waals surface area contributed by atoms with Crippen LogP contribution in [0.3, 0.4) is 0 Å². The minimum Gasteiger partial charge on any atom is -0.301 e. The van der Waals surface area contributed by atoms with Gasteiger partial charge in [-0.05, 0) is 48.6 Å². The van der Waals surface area contributed by atoms with Crippen molar-refractivity contribution < 1.29 is 9.59 Å². The highest BCUT2D eigenvalue weighted by molar-refractivity contribution is 7.80. The van der Waals surface area contributed by atoms with Gasteiger partial charge in [0.15, 0.2) is 11.0 Å². The first-order valence-corrected chi connectivity index (χ1v) is 7.73. The lowest BCUT2D eigenvalue weighted by atomic mass is 10.1. The van der Waals surface area contributed by atoms with Crippen LogP contribution in [-0.2, 0) is 9.59 Å². The average Bonchev–Trinajstić information content (AvgIpc) is 2.57. The van der Waals surface area contributed by atoms with E-state index in [2.05, 4.69) is 15.3 Å². The van der Waals surface area contributed by atoms with Gasteiger partial charge in [-0.1, -0.05) is 11.6 Å². The predicted molar refractivity (Wildman–Crippen MR) is 95.6 cm³/mol. The van der Waals surface area contributed by atoms with Crippen molar-refractivity contribution in [3.63, 3.8) is 0 Å². The molecule has 1 aromatic carbocycles. The molecule has 2 aromatic rings. The van der Waals surface area contributed by atoms with Crippen molar-refractivity contribution in [1.29, 1.82) is 0 Å². The van der Waals surface area contributed by atoms with Gasteiger partial charge in [0.2, 0.25) is 5.91 Å². The number of carbonyl (C=O) groups is 2. The number of nitrogens with one attached hydrogen (secondary N) is 1. The van der Waals surface area contributed by atoms with E-state index in [1.54, 1.807) is 42.6 Å². The summed E-state index contributed by atoms with van der Waals surface area (Å²) >= 11 is 11.0. The van der Waals surface area contributed by atoms with E-state index in [1.165, 1.54) is 17.3 Å². The lowest BCUT2D eigenvalue weighted by molar-refractivity contribution is -0.130. The van der Waals surface area contributed by atoms with Crippen LogP contribution in [0.4, 0.5) is 11.4 Å². The number of carbonyl (C=O) groups excluding carboxylic acids is 2. The number of rotatable bonds is 3. The van der Waals surface area contributed by atoms with Crippen molar-refractivity contribution in [2.45, 2.75) is 0 Å². The molecule has 6 nitrogen and oxygen atoms in total. The van der Waals surface area contributed by atoms with E-state index in [1.807, 2.05) is 0 Å². The summed E-state index contributed by atoms with van der Waals surface area (Å²) in [5, 5.41) is 3.08. The Morgan fingerprint density at radius 1 is 1.25 bits per heavy atom. The Bertz CT molecular complexity index is 824. The minimum absolute atomic E-state index is 0.0263. The average molecular weight is 359 g/mol. The highest BCUT2D eigenvalue weighted by atomic mass is 35.5. The van der Waals surface area contributed by atoms with Crippen LogP contribution in [0.2, 0.25) is 5.02 Å².